The Morgan fingerprint density at radius 1 is 1.00 bits per heavy atom. The molecule has 100 valence electrons. The summed E-state index contributed by atoms with van der Waals surface area (Å²) in [5.41, 5.74) is 1.41. The Labute approximate surface area is 133 Å². The van der Waals surface area contributed by atoms with E-state index in [0.717, 1.165) is 0 Å². The normalized spacial score (nSPS) is 11.9. The minimum Gasteiger partial charge on any atom is -0.727 e. The molecule has 0 aliphatic carbocycles. The Bertz CT molecular complexity index is 321. The van der Waals surface area contributed by atoms with Gasteiger partial charge >= 0.3 is 29.6 Å². The summed E-state index contributed by atoms with van der Waals surface area (Å²) in [7, 11) is -5.18. The first-order valence-corrected chi connectivity index (χ1v) is 7.13. The van der Waals surface area contributed by atoms with Crippen LogP contribution in [0.3, 0.4) is 0 Å². The maximum Gasteiger partial charge on any atom is 1.00 e. The van der Waals surface area contributed by atoms with Crippen molar-refractivity contribution in [1.82, 2.24) is 0 Å². The molecular formula is C9H15NaO6S2. The minimum absolute atomic E-state index is 0. The zero-order valence-corrected chi connectivity index (χ0v) is 14.0. The van der Waals surface area contributed by atoms with E-state index in [9.17, 15) is 8.42 Å². The van der Waals surface area contributed by atoms with E-state index in [0.29, 0.717) is 5.92 Å². The third kappa shape index (κ3) is 14.4. The number of benzene rings is 1. The second-order valence-electron chi connectivity index (χ2n) is 3.00. The number of rotatable bonds is 2. The van der Waals surface area contributed by atoms with Gasteiger partial charge in [-0.3, -0.25) is 9.11 Å². The summed E-state index contributed by atoms with van der Waals surface area (Å²) in [5.74, 6) is 0.659. The monoisotopic (exact) mass is 306 g/mol. The van der Waals surface area contributed by atoms with Crippen LogP contribution >= 0.6 is 0 Å². The summed E-state index contributed by atoms with van der Waals surface area (Å²) in [4.78, 5) is 0. The first kappa shape index (κ1) is 23.5. The summed E-state index contributed by atoms with van der Waals surface area (Å²) in [6.07, 6.45) is 0. The topological polar surface area (TPSA) is 118 Å². The van der Waals surface area contributed by atoms with Crippen molar-refractivity contribution in [1.29, 1.82) is 0 Å². The molecule has 1 rings (SSSR count). The van der Waals surface area contributed by atoms with Gasteiger partial charge in [0.05, 0.1) is 0 Å². The van der Waals surface area contributed by atoms with Gasteiger partial charge in [0, 0.05) is 0 Å². The van der Waals surface area contributed by atoms with E-state index in [1.165, 1.54) is 5.56 Å². The largest absolute Gasteiger partial charge is 1.00 e. The molecular weight excluding hydrogens is 291 g/mol. The Hall–Kier alpha value is 0.360. The van der Waals surface area contributed by atoms with Crippen molar-refractivity contribution < 1.29 is 57.6 Å². The Balaban J connectivity index is -0.000000222. The second kappa shape index (κ2) is 15.4. The van der Waals surface area contributed by atoms with Crippen LogP contribution in [0, 0.1) is 0 Å². The molecule has 0 bridgehead atoms. The van der Waals surface area contributed by atoms with Gasteiger partial charge in [0.15, 0.2) is 0 Å². The molecule has 2 atom stereocenters. The first-order chi connectivity index (χ1) is 7.95. The van der Waals surface area contributed by atoms with E-state index < -0.39 is 20.2 Å². The van der Waals surface area contributed by atoms with Crippen LogP contribution in [0.25, 0.3) is 0 Å². The summed E-state index contributed by atoms with van der Waals surface area (Å²) >= 11 is 0. The summed E-state index contributed by atoms with van der Waals surface area (Å²) in [6, 6.07) is 10.5. The average molecular weight is 306 g/mol. The third-order valence-electron chi connectivity index (χ3n) is 1.59. The predicted octanol–water partition coefficient (Wildman–Crippen LogP) is -2.02. The Morgan fingerprint density at radius 2 is 1.33 bits per heavy atom. The Morgan fingerprint density at radius 3 is 1.50 bits per heavy atom. The van der Waals surface area contributed by atoms with E-state index in [4.69, 9.17) is 19.6 Å². The van der Waals surface area contributed by atoms with Gasteiger partial charge in [-0.1, -0.05) is 44.2 Å². The van der Waals surface area contributed by atoms with Crippen LogP contribution in [-0.2, 0) is 20.2 Å². The zero-order valence-electron chi connectivity index (χ0n) is 10.3. The summed E-state index contributed by atoms with van der Waals surface area (Å²) in [5, 5.41) is 13.0. The Kier molecular flexibility index (Phi) is 20.1. The van der Waals surface area contributed by atoms with Crippen LogP contribution in [0.1, 0.15) is 25.3 Å². The average Bonchev–Trinajstić information content (AvgIpc) is 2.33. The van der Waals surface area contributed by atoms with Crippen LogP contribution in [0.15, 0.2) is 30.3 Å². The van der Waals surface area contributed by atoms with E-state index in [1.807, 2.05) is 6.07 Å². The summed E-state index contributed by atoms with van der Waals surface area (Å²) in [6.45, 7) is 4.41. The van der Waals surface area contributed by atoms with Crippen LogP contribution in [-0.4, -0.2) is 22.8 Å². The summed E-state index contributed by atoms with van der Waals surface area (Å²) < 4.78 is 33.6. The molecule has 0 saturated carbocycles. The molecule has 0 aliphatic heterocycles. The molecule has 3 N–H and O–H groups in total. The van der Waals surface area contributed by atoms with E-state index >= 15 is 0 Å². The number of hydrogen-bond acceptors (Lipinski definition) is 4. The molecule has 0 aromatic heterocycles. The molecule has 0 fully saturated rings. The molecule has 6 nitrogen and oxygen atoms in total. The maximum atomic E-state index is 9.26. The molecule has 2 unspecified atom stereocenters. The molecule has 9 heteroatoms. The maximum absolute atomic E-state index is 9.26. The van der Waals surface area contributed by atoms with E-state index in [1.54, 1.807) is 0 Å². The van der Waals surface area contributed by atoms with Gasteiger partial charge in [-0.25, -0.2) is 8.42 Å². The van der Waals surface area contributed by atoms with Gasteiger partial charge in [0.2, 0.25) is 0 Å². The zero-order chi connectivity index (χ0) is 13.8. The van der Waals surface area contributed by atoms with Crippen LogP contribution < -0.4 is 34.8 Å². The molecule has 0 heterocycles. The molecule has 0 saturated heterocycles. The molecule has 1 aromatic carbocycles. The number of hydrogen-bond donors (Lipinski definition) is 3. The SMILES string of the molecule is CC(C)c1ccccc1.O=S(O)S(=O)O.[Na+].[O-]O. The quantitative estimate of drug-likeness (QED) is 0.191. The molecule has 0 radical (unpaired) electrons. The van der Waals surface area contributed by atoms with Gasteiger partial charge in [-0.05, 0) is 11.5 Å². The van der Waals surface area contributed by atoms with Gasteiger partial charge < -0.3 is 10.5 Å². The van der Waals surface area contributed by atoms with Crippen molar-refractivity contribution in [2.45, 2.75) is 19.8 Å². The van der Waals surface area contributed by atoms with Crippen molar-refractivity contribution in [3.8, 4) is 0 Å². The van der Waals surface area contributed by atoms with Gasteiger partial charge in [0.25, 0.3) is 20.2 Å². The van der Waals surface area contributed by atoms with Crippen molar-refractivity contribution in [2.24, 2.45) is 0 Å². The predicted molar refractivity (Wildman–Crippen MR) is 64.7 cm³/mol. The molecule has 18 heavy (non-hydrogen) atoms. The van der Waals surface area contributed by atoms with Crippen LogP contribution in [0.4, 0.5) is 0 Å². The van der Waals surface area contributed by atoms with Crippen molar-refractivity contribution >= 4 is 20.2 Å². The van der Waals surface area contributed by atoms with Crippen molar-refractivity contribution in [3.63, 3.8) is 0 Å². The van der Waals surface area contributed by atoms with Gasteiger partial charge in [-0.15, -0.1) is 0 Å². The van der Waals surface area contributed by atoms with E-state index in [-0.39, 0.29) is 29.6 Å². The fourth-order valence-electron chi connectivity index (χ4n) is 0.838. The first-order valence-electron chi connectivity index (χ1n) is 4.40. The van der Waals surface area contributed by atoms with Crippen molar-refractivity contribution in [3.05, 3.63) is 35.9 Å². The fourth-order valence-corrected chi connectivity index (χ4v) is 0.838. The van der Waals surface area contributed by atoms with Gasteiger partial charge in [-0.2, -0.15) is 0 Å². The van der Waals surface area contributed by atoms with Gasteiger partial charge in [0.1, 0.15) is 0 Å². The van der Waals surface area contributed by atoms with Crippen molar-refractivity contribution in [2.75, 3.05) is 0 Å². The third-order valence-corrected chi connectivity index (χ3v) is 2.56. The molecule has 1 aromatic rings. The minimum atomic E-state index is -2.59. The fraction of sp³-hybridized carbons (Fsp3) is 0.333. The van der Waals surface area contributed by atoms with Crippen LogP contribution in [0.2, 0.25) is 0 Å². The molecule has 0 spiro atoms. The molecule has 0 amide bonds. The van der Waals surface area contributed by atoms with Crippen LogP contribution in [0.5, 0.6) is 0 Å². The molecule has 0 aliphatic rings. The smallest absolute Gasteiger partial charge is 0.727 e. The second-order valence-corrected chi connectivity index (χ2v) is 5.58. The standard InChI is InChI=1S/C9H12.Na.H2O4S2.H2O2/c1-8(2)9-6-4-3-5-7-9;;1-5(2)6(3)4;1-2/h3-8H,1-2H3;;(H,1,2)(H,3,4);1-2H/q;+1;;/p-1. The van der Waals surface area contributed by atoms with E-state index in [2.05, 4.69) is 38.1 Å².